The SMILES string of the molecule is N#CCC=Cc1cc(F)cc(C#N)c1. The standard InChI is InChI=1S/C11H7FN2/c12-11-6-9(3-1-2-4-13)5-10(7-11)8-14/h1,3,5-7H,2H2. The number of rotatable bonds is 2. The summed E-state index contributed by atoms with van der Waals surface area (Å²) >= 11 is 0. The Kier molecular flexibility index (Phi) is 3.41. The van der Waals surface area contributed by atoms with Crippen molar-refractivity contribution in [3.63, 3.8) is 0 Å². The van der Waals surface area contributed by atoms with Crippen LogP contribution in [0.15, 0.2) is 24.3 Å². The molecule has 0 radical (unpaired) electrons. The zero-order chi connectivity index (χ0) is 10.4. The molecule has 2 nitrogen and oxygen atoms in total. The van der Waals surface area contributed by atoms with Crippen molar-refractivity contribution < 1.29 is 4.39 Å². The van der Waals surface area contributed by atoms with Gasteiger partial charge in [0.2, 0.25) is 0 Å². The minimum absolute atomic E-state index is 0.276. The van der Waals surface area contributed by atoms with Gasteiger partial charge >= 0.3 is 0 Å². The highest BCUT2D eigenvalue weighted by atomic mass is 19.1. The molecule has 0 amide bonds. The Morgan fingerprint density at radius 2 is 2.07 bits per heavy atom. The van der Waals surface area contributed by atoms with Crippen LogP contribution < -0.4 is 0 Å². The van der Waals surface area contributed by atoms with E-state index in [1.165, 1.54) is 12.1 Å². The van der Waals surface area contributed by atoms with Crippen molar-refractivity contribution in [3.05, 3.63) is 41.2 Å². The van der Waals surface area contributed by atoms with Gasteiger partial charge in [-0.2, -0.15) is 10.5 Å². The number of nitrogens with zero attached hydrogens (tertiary/aromatic N) is 2. The van der Waals surface area contributed by atoms with E-state index >= 15 is 0 Å². The molecule has 68 valence electrons. The van der Waals surface area contributed by atoms with E-state index in [1.54, 1.807) is 18.2 Å². The average molecular weight is 186 g/mol. The first-order valence-electron chi connectivity index (χ1n) is 4.00. The Balaban J connectivity index is 2.95. The maximum atomic E-state index is 12.9. The molecule has 0 aliphatic carbocycles. The van der Waals surface area contributed by atoms with Crippen LogP contribution in [-0.2, 0) is 0 Å². The molecule has 0 fully saturated rings. The summed E-state index contributed by atoms with van der Waals surface area (Å²) in [5, 5.41) is 16.8. The predicted molar refractivity (Wildman–Crippen MR) is 50.4 cm³/mol. The zero-order valence-corrected chi connectivity index (χ0v) is 7.37. The molecule has 0 spiro atoms. The molecule has 1 rings (SSSR count). The fourth-order valence-electron chi connectivity index (χ4n) is 1.02. The van der Waals surface area contributed by atoms with Gasteiger partial charge in [-0.1, -0.05) is 12.2 Å². The zero-order valence-electron chi connectivity index (χ0n) is 7.37. The third-order valence-electron chi connectivity index (χ3n) is 1.57. The van der Waals surface area contributed by atoms with E-state index in [1.807, 2.05) is 12.1 Å². The van der Waals surface area contributed by atoms with E-state index in [0.717, 1.165) is 0 Å². The number of nitriles is 2. The Bertz CT molecular complexity index is 436. The minimum Gasteiger partial charge on any atom is -0.207 e. The normalized spacial score (nSPS) is 9.64. The fraction of sp³-hybridized carbons (Fsp3) is 0.0909. The van der Waals surface area contributed by atoms with Crippen molar-refractivity contribution in [1.29, 1.82) is 10.5 Å². The van der Waals surface area contributed by atoms with E-state index in [0.29, 0.717) is 5.56 Å². The van der Waals surface area contributed by atoms with Crippen LogP contribution in [0.1, 0.15) is 17.5 Å². The molecule has 3 heteroatoms. The van der Waals surface area contributed by atoms with E-state index in [2.05, 4.69) is 0 Å². The van der Waals surface area contributed by atoms with E-state index < -0.39 is 5.82 Å². The van der Waals surface area contributed by atoms with Crippen LogP contribution in [0.4, 0.5) is 4.39 Å². The second kappa shape index (κ2) is 4.79. The molecule has 1 aromatic rings. The monoisotopic (exact) mass is 186 g/mol. The topological polar surface area (TPSA) is 47.6 Å². The number of hydrogen-bond acceptors (Lipinski definition) is 2. The van der Waals surface area contributed by atoms with Crippen LogP contribution in [0.5, 0.6) is 0 Å². The molecule has 0 saturated heterocycles. The maximum Gasteiger partial charge on any atom is 0.125 e. The molecule has 0 aromatic heterocycles. The highest BCUT2D eigenvalue weighted by molar-refractivity contribution is 5.52. The van der Waals surface area contributed by atoms with E-state index in [4.69, 9.17) is 10.5 Å². The van der Waals surface area contributed by atoms with Crippen LogP contribution in [-0.4, -0.2) is 0 Å². The Labute approximate surface area is 81.5 Å². The van der Waals surface area contributed by atoms with Gasteiger partial charge in [-0.3, -0.25) is 0 Å². The van der Waals surface area contributed by atoms with Crippen molar-refractivity contribution in [2.75, 3.05) is 0 Å². The molecule has 0 aliphatic heterocycles. The second-order valence-electron chi connectivity index (χ2n) is 2.65. The van der Waals surface area contributed by atoms with Crippen molar-refractivity contribution in [3.8, 4) is 12.1 Å². The first kappa shape index (κ1) is 9.95. The maximum absolute atomic E-state index is 12.9. The van der Waals surface area contributed by atoms with Gasteiger partial charge in [0.15, 0.2) is 0 Å². The summed E-state index contributed by atoms with van der Waals surface area (Å²) in [4.78, 5) is 0. The average Bonchev–Trinajstić information content (AvgIpc) is 2.17. The minimum atomic E-state index is -0.444. The molecule has 1 aromatic carbocycles. The molecule has 0 heterocycles. The van der Waals surface area contributed by atoms with Crippen molar-refractivity contribution in [2.45, 2.75) is 6.42 Å². The molecular formula is C11H7FN2. The van der Waals surface area contributed by atoms with Crippen LogP contribution in [0.3, 0.4) is 0 Å². The molecule has 0 N–H and O–H groups in total. The van der Waals surface area contributed by atoms with Gasteiger partial charge in [-0.25, -0.2) is 4.39 Å². The number of benzene rings is 1. The first-order valence-corrected chi connectivity index (χ1v) is 4.00. The lowest BCUT2D eigenvalue weighted by atomic mass is 10.1. The lowest BCUT2D eigenvalue weighted by Gasteiger charge is -1.94. The fourth-order valence-corrected chi connectivity index (χ4v) is 1.02. The van der Waals surface area contributed by atoms with Crippen LogP contribution in [0, 0.1) is 28.5 Å². The largest absolute Gasteiger partial charge is 0.207 e. The molecule has 0 saturated carbocycles. The first-order chi connectivity index (χ1) is 6.76. The summed E-state index contributed by atoms with van der Waals surface area (Å²) in [6.07, 6.45) is 3.52. The highest BCUT2D eigenvalue weighted by Crippen LogP contribution is 2.10. The van der Waals surface area contributed by atoms with Gasteiger partial charge in [0, 0.05) is 0 Å². The van der Waals surface area contributed by atoms with Gasteiger partial charge in [0.25, 0.3) is 0 Å². The summed E-state index contributed by atoms with van der Waals surface area (Å²) in [6.45, 7) is 0. The van der Waals surface area contributed by atoms with Gasteiger partial charge < -0.3 is 0 Å². The summed E-state index contributed by atoms with van der Waals surface area (Å²) in [6, 6.07) is 7.84. The second-order valence-corrected chi connectivity index (χ2v) is 2.65. The molecule has 0 atom stereocenters. The van der Waals surface area contributed by atoms with Crippen LogP contribution in [0.25, 0.3) is 6.08 Å². The summed E-state index contributed by atoms with van der Waals surface area (Å²) in [7, 11) is 0. The van der Waals surface area contributed by atoms with Crippen LogP contribution >= 0.6 is 0 Å². The van der Waals surface area contributed by atoms with Crippen molar-refractivity contribution in [1.82, 2.24) is 0 Å². The van der Waals surface area contributed by atoms with Crippen molar-refractivity contribution >= 4 is 6.08 Å². The van der Waals surface area contributed by atoms with Gasteiger partial charge in [-0.15, -0.1) is 0 Å². The van der Waals surface area contributed by atoms with Crippen molar-refractivity contribution in [2.24, 2.45) is 0 Å². The molecule has 14 heavy (non-hydrogen) atoms. The van der Waals surface area contributed by atoms with E-state index in [9.17, 15) is 4.39 Å². The Hall–Kier alpha value is -2.13. The lowest BCUT2D eigenvalue weighted by molar-refractivity contribution is 0.627. The third kappa shape index (κ3) is 2.73. The number of allylic oxidation sites excluding steroid dienone is 1. The third-order valence-corrected chi connectivity index (χ3v) is 1.57. The molecule has 0 unspecified atom stereocenters. The Morgan fingerprint density at radius 3 is 2.71 bits per heavy atom. The van der Waals surface area contributed by atoms with Gasteiger partial charge in [-0.05, 0) is 23.8 Å². The smallest absolute Gasteiger partial charge is 0.125 e. The van der Waals surface area contributed by atoms with Crippen LogP contribution in [0.2, 0.25) is 0 Å². The lowest BCUT2D eigenvalue weighted by Crippen LogP contribution is -1.81. The van der Waals surface area contributed by atoms with Gasteiger partial charge in [0.05, 0.1) is 24.1 Å². The van der Waals surface area contributed by atoms with E-state index in [-0.39, 0.29) is 12.0 Å². The quantitative estimate of drug-likeness (QED) is 0.712. The Morgan fingerprint density at radius 1 is 1.29 bits per heavy atom. The van der Waals surface area contributed by atoms with Gasteiger partial charge in [0.1, 0.15) is 5.82 Å². The molecular weight excluding hydrogens is 179 g/mol. The number of halogens is 1. The number of hydrogen-bond donors (Lipinski definition) is 0. The summed E-state index contributed by atoms with van der Waals surface area (Å²) in [5.41, 5.74) is 0.874. The summed E-state index contributed by atoms with van der Waals surface area (Å²) in [5.74, 6) is -0.444. The summed E-state index contributed by atoms with van der Waals surface area (Å²) < 4.78 is 12.9. The highest BCUT2D eigenvalue weighted by Gasteiger charge is 1.96. The molecule has 0 bridgehead atoms. The molecule has 0 aliphatic rings. The predicted octanol–water partition coefficient (Wildman–Crippen LogP) is 2.62.